The van der Waals surface area contributed by atoms with Crippen molar-refractivity contribution in [3.05, 3.63) is 76.2 Å². The molecule has 4 aromatic rings. The normalized spacial score (nSPS) is 11.1. The Morgan fingerprint density at radius 2 is 1.71 bits per heavy atom. The van der Waals surface area contributed by atoms with Crippen molar-refractivity contribution in [1.29, 1.82) is 0 Å². The molecule has 0 aliphatic rings. The minimum Gasteiger partial charge on any atom is -0.370 e. The molecule has 2 aromatic carbocycles. The molecule has 4 rings (SSSR count). The number of primary amides is 1. The summed E-state index contributed by atoms with van der Waals surface area (Å²) in [5.41, 5.74) is 9.44. The molecule has 5 nitrogen and oxygen atoms in total. The van der Waals surface area contributed by atoms with E-state index in [1.165, 1.54) is 11.3 Å². The van der Waals surface area contributed by atoms with E-state index in [1.807, 2.05) is 23.6 Å². The van der Waals surface area contributed by atoms with Crippen molar-refractivity contribution in [2.75, 3.05) is 0 Å². The second-order valence-corrected chi connectivity index (χ2v) is 8.44. The first kappa shape index (κ1) is 21.0. The van der Waals surface area contributed by atoms with Gasteiger partial charge in [0.05, 0.1) is 5.39 Å². The molecule has 0 atom stereocenters. The molecule has 158 valence electrons. The fourth-order valence-electron chi connectivity index (χ4n) is 3.81. The highest BCUT2D eigenvalue weighted by Gasteiger charge is 2.17. The molecular formula is C25H25N3O2S. The summed E-state index contributed by atoms with van der Waals surface area (Å²) in [6.45, 7) is 2.51. The van der Waals surface area contributed by atoms with Gasteiger partial charge in [-0.25, -0.2) is 4.98 Å². The van der Waals surface area contributed by atoms with E-state index in [1.54, 1.807) is 4.57 Å². The lowest BCUT2D eigenvalue weighted by Gasteiger charge is -2.12. The van der Waals surface area contributed by atoms with Crippen LogP contribution in [0.1, 0.15) is 32.0 Å². The van der Waals surface area contributed by atoms with Crippen molar-refractivity contribution >= 4 is 27.5 Å². The van der Waals surface area contributed by atoms with Gasteiger partial charge in [0.2, 0.25) is 5.91 Å². The van der Waals surface area contributed by atoms with Gasteiger partial charge in [-0.05, 0) is 29.5 Å². The molecule has 0 saturated carbocycles. The first-order valence-electron chi connectivity index (χ1n) is 10.5. The zero-order valence-electron chi connectivity index (χ0n) is 17.5. The molecule has 0 radical (unpaired) electrons. The van der Waals surface area contributed by atoms with Gasteiger partial charge in [0.1, 0.15) is 10.7 Å². The molecule has 1 amide bonds. The summed E-state index contributed by atoms with van der Waals surface area (Å²) in [4.78, 5) is 30.2. The van der Waals surface area contributed by atoms with Gasteiger partial charge in [-0.15, -0.1) is 11.3 Å². The summed E-state index contributed by atoms with van der Waals surface area (Å²) >= 11 is 1.50. The number of fused-ring (bicyclic) bond motifs is 1. The van der Waals surface area contributed by atoms with E-state index in [9.17, 15) is 9.59 Å². The number of nitrogens with zero attached hydrogens (tertiary/aromatic N) is 2. The number of hydrogen-bond donors (Lipinski definition) is 1. The van der Waals surface area contributed by atoms with Gasteiger partial charge in [-0.1, -0.05) is 61.5 Å². The summed E-state index contributed by atoms with van der Waals surface area (Å²) in [5.74, 6) is 0.422. The lowest BCUT2D eigenvalue weighted by atomic mass is 10.0. The molecule has 31 heavy (non-hydrogen) atoms. The minimum atomic E-state index is -0.353. The molecule has 0 fully saturated rings. The maximum atomic E-state index is 13.5. The Labute approximate surface area is 185 Å². The second kappa shape index (κ2) is 9.27. The van der Waals surface area contributed by atoms with Gasteiger partial charge >= 0.3 is 0 Å². The van der Waals surface area contributed by atoms with Crippen LogP contribution in [0, 0.1) is 0 Å². The third-order valence-corrected chi connectivity index (χ3v) is 6.23. The second-order valence-electron chi connectivity index (χ2n) is 7.58. The SMILES string of the molecule is CCCc1nc2scc(-c3ccc(-c4ccccc4)cc3)c2c(=O)n1CCCC(N)=O. The zero-order valence-corrected chi connectivity index (χ0v) is 18.3. The van der Waals surface area contributed by atoms with Crippen LogP contribution in [0.5, 0.6) is 0 Å². The van der Waals surface area contributed by atoms with Crippen LogP contribution in [-0.4, -0.2) is 15.5 Å². The van der Waals surface area contributed by atoms with E-state index in [2.05, 4.69) is 43.3 Å². The van der Waals surface area contributed by atoms with Crippen molar-refractivity contribution in [1.82, 2.24) is 9.55 Å². The summed E-state index contributed by atoms with van der Waals surface area (Å²) in [6.07, 6.45) is 2.41. The molecule has 6 heteroatoms. The summed E-state index contributed by atoms with van der Waals surface area (Å²) in [6, 6.07) is 18.5. The Morgan fingerprint density at radius 1 is 1.03 bits per heavy atom. The quantitative estimate of drug-likeness (QED) is 0.426. The number of thiophene rings is 1. The predicted octanol–water partition coefficient (Wildman–Crippen LogP) is 5.01. The molecule has 0 unspecified atom stereocenters. The lowest BCUT2D eigenvalue weighted by molar-refractivity contribution is -0.118. The molecule has 2 N–H and O–H groups in total. The Kier molecular flexibility index (Phi) is 6.28. The maximum absolute atomic E-state index is 13.5. The van der Waals surface area contributed by atoms with E-state index in [0.717, 1.165) is 45.8 Å². The fourth-order valence-corrected chi connectivity index (χ4v) is 4.76. The van der Waals surface area contributed by atoms with Crippen LogP contribution in [0.4, 0.5) is 0 Å². The highest BCUT2D eigenvalue weighted by Crippen LogP contribution is 2.32. The Bertz CT molecular complexity index is 1260. The summed E-state index contributed by atoms with van der Waals surface area (Å²) in [7, 11) is 0. The molecule has 0 aliphatic heterocycles. The molecule has 0 saturated heterocycles. The standard InChI is InChI=1S/C25H25N3O2S/c1-2-7-22-27-24-23(25(30)28(22)15-6-10-21(26)29)20(16-31-24)19-13-11-18(12-14-19)17-8-4-3-5-9-17/h3-5,8-9,11-14,16H,2,6-7,10,15H2,1H3,(H2,26,29). The summed E-state index contributed by atoms with van der Waals surface area (Å²) in [5, 5.41) is 2.66. The van der Waals surface area contributed by atoms with Crippen molar-refractivity contribution in [2.24, 2.45) is 5.73 Å². The summed E-state index contributed by atoms with van der Waals surface area (Å²) < 4.78 is 1.73. The van der Waals surface area contributed by atoms with Gasteiger partial charge in [0.25, 0.3) is 5.56 Å². The van der Waals surface area contributed by atoms with Gasteiger partial charge in [0, 0.05) is 30.3 Å². The largest absolute Gasteiger partial charge is 0.370 e. The number of nitrogens with two attached hydrogens (primary N) is 1. The topological polar surface area (TPSA) is 78.0 Å². The molecular weight excluding hydrogens is 406 g/mol. The van der Waals surface area contributed by atoms with Crippen molar-refractivity contribution in [3.8, 4) is 22.3 Å². The number of amides is 1. The van der Waals surface area contributed by atoms with Crippen molar-refractivity contribution < 1.29 is 4.79 Å². The number of carbonyl (C=O) groups excluding carboxylic acids is 1. The van der Waals surface area contributed by atoms with Gasteiger partial charge in [-0.3, -0.25) is 14.2 Å². The number of benzene rings is 2. The van der Waals surface area contributed by atoms with Crippen LogP contribution >= 0.6 is 11.3 Å². The van der Waals surface area contributed by atoms with Gasteiger partial charge in [-0.2, -0.15) is 0 Å². The predicted molar refractivity (Wildman–Crippen MR) is 127 cm³/mol. The van der Waals surface area contributed by atoms with E-state index in [0.29, 0.717) is 18.4 Å². The van der Waals surface area contributed by atoms with E-state index in [4.69, 9.17) is 10.7 Å². The van der Waals surface area contributed by atoms with Crippen molar-refractivity contribution in [3.63, 3.8) is 0 Å². The first-order chi connectivity index (χ1) is 15.1. The Balaban J connectivity index is 1.75. The molecule has 0 bridgehead atoms. The van der Waals surface area contributed by atoms with E-state index in [-0.39, 0.29) is 17.9 Å². The van der Waals surface area contributed by atoms with Crippen LogP contribution in [0.2, 0.25) is 0 Å². The van der Waals surface area contributed by atoms with Crippen LogP contribution in [0.3, 0.4) is 0 Å². The van der Waals surface area contributed by atoms with Crippen LogP contribution in [0.25, 0.3) is 32.5 Å². The number of aromatic nitrogens is 2. The third-order valence-electron chi connectivity index (χ3n) is 5.35. The Hall–Kier alpha value is -3.25. The minimum absolute atomic E-state index is 0.0405. The Morgan fingerprint density at radius 3 is 2.39 bits per heavy atom. The molecule has 2 aromatic heterocycles. The van der Waals surface area contributed by atoms with Crippen LogP contribution in [-0.2, 0) is 17.8 Å². The molecule has 0 aliphatic carbocycles. The number of carbonyl (C=O) groups is 1. The van der Waals surface area contributed by atoms with E-state index >= 15 is 0 Å². The molecule has 2 heterocycles. The third kappa shape index (κ3) is 4.44. The number of hydrogen-bond acceptors (Lipinski definition) is 4. The highest BCUT2D eigenvalue weighted by molar-refractivity contribution is 7.17. The molecule has 0 spiro atoms. The average Bonchev–Trinajstić information content (AvgIpc) is 3.21. The van der Waals surface area contributed by atoms with Gasteiger partial charge < -0.3 is 5.73 Å². The maximum Gasteiger partial charge on any atom is 0.262 e. The lowest BCUT2D eigenvalue weighted by Crippen LogP contribution is -2.26. The smallest absolute Gasteiger partial charge is 0.262 e. The number of aryl methyl sites for hydroxylation is 1. The zero-order chi connectivity index (χ0) is 21.8. The monoisotopic (exact) mass is 431 g/mol. The van der Waals surface area contributed by atoms with Crippen LogP contribution < -0.4 is 11.3 Å². The number of rotatable bonds is 8. The fraction of sp³-hybridized carbons (Fsp3) is 0.240. The first-order valence-corrected chi connectivity index (χ1v) is 11.4. The average molecular weight is 432 g/mol. The van der Waals surface area contributed by atoms with Gasteiger partial charge in [0.15, 0.2) is 0 Å². The van der Waals surface area contributed by atoms with E-state index < -0.39 is 0 Å². The van der Waals surface area contributed by atoms with Crippen LogP contribution in [0.15, 0.2) is 64.8 Å². The highest BCUT2D eigenvalue weighted by atomic mass is 32.1. The van der Waals surface area contributed by atoms with Crippen molar-refractivity contribution in [2.45, 2.75) is 39.2 Å².